The molecule has 2 heterocycles. The number of hydrogen-bond acceptors (Lipinski definition) is 2. The highest BCUT2D eigenvalue weighted by molar-refractivity contribution is 6.31. The fourth-order valence-electron chi connectivity index (χ4n) is 2.23. The first-order chi connectivity index (χ1) is 7.31. The first-order valence-corrected chi connectivity index (χ1v) is 6.10. The number of aryl methyl sites for hydroxylation is 1. The average molecular weight is 228 g/mol. The van der Waals surface area contributed by atoms with Gasteiger partial charge in [0.2, 0.25) is 0 Å². The van der Waals surface area contributed by atoms with E-state index in [1.165, 1.54) is 18.5 Å². The van der Waals surface area contributed by atoms with Crippen molar-refractivity contribution in [2.24, 2.45) is 5.92 Å². The molecule has 1 aliphatic heterocycles. The number of rotatable bonds is 3. The van der Waals surface area contributed by atoms with Gasteiger partial charge in [0.25, 0.3) is 0 Å². The molecule has 0 bridgehead atoms. The molecule has 1 atom stereocenters. The number of hydrogen-bond donors (Lipinski definition) is 1. The zero-order valence-electron chi connectivity index (χ0n) is 9.17. The second-order valence-electron chi connectivity index (χ2n) is 4.17. The lowest BCUT2D eigenvalue weighted by molar-refractivity contribution is 0.367. The smallest absolute Gasteiger partial charge is 0.0817 e. The molecular formula is C11H18ClN3. The maximum absolute atomic E-state index is 6.14. The molecule has 0 saturated carbocycles. The van der Waals surface area contributed by atoms with Crippen molar-refractivity contribution in [3.8, 4) is 0 Å². The van der Waals surface area contributed by atoms with Gasteiger partial charge in [-0.2, -0.15) is 5.10 Å². The molecule has 1 N–H and O–H groups in total. The molecule has 84 valence electrons. The molecule has 1 aliphatic rings. The standard InChI is InChI=1S/C11H18ClN3/c1-2-15-11(10(12)8-14-15)6-9-4-3-5-13-7-9/h8-9,13H,2-7H2,1H3. The van der Waals surface area contributed by atoms with Crippen LogP contribution in [0, 0.1) is 5.92 Å². The fourth-order valence-corrected chi connectivity index (χ4v) is 2.45. The SMILES string of the molecule is CCn1ncc(Cl)c1CC1CCCNC1. The molecule has 0 amide bonds. The summed E-state index contributed by atoms with van der Waals surface area (Å²) in [7, 11) is 0. The van der Waals surface area contributed by atoms with Gasteiger partial charge in [-0.1, -0.05) is 11.6 Å². The normalized spacial score (nSPS) is 21.9. The summed E-state index contributed by atoms with van der Waals surface area (Å²) in [5.41, 5.74) is 1.20. The number of nitrogens with zero attached hydrogens (tertiary/aromatic N) is 2. The van der Waals surface area contributed by atoms with Crippen molar-refractivity contribution in [1.29, 1.82) is 0 Å². The van der Waals surface area contributed by atoms with Crippen molar-refractivity contribution in [2.75, 3.05) is 13.1 Å². The minimum absolute atomic E-state index is 0.721. The van der Waals surface area contributed by atoms with Crippen molar-refractivity contribution >= 4 is 11.6 Å². The van der Waals surface area contributed by atoms with E-state index < -0.39 is 0 Å². The third-order valence-electron chi connectivity index (χ3n) is 3.08. The van der Waals surface area contributed by atoms with Crippen LogP contribution in [-0.2, 0) is 13.0 Å². The lowest BCUT2D eigenvalue weighted by Crippen LogP contribution is -2.31. The molecule has 0 radical (unpaired) electrons. The molecule has 1 unspecified atom stereocenters. The molecule has 1 aromatic rings. The van der Waals surface area contributed by atoms with Crippen LogP contribution in [-0.4, -0.2) is 22.9 Å². The van der Waals surface area contributed by atoms with Gasteiger partial charge in [-0.3, -0.25) is 4.68 Å². The number of aromatic nitrogens is 2. The van der Waals surface area contributed by atoms with Crippen molar-refractivity contribution in [3.63, 3.8) is 0 Å². The van der Waals surface area contributed by atoms with Crippen LogP contribution in [0.1, 0.15) is 25.5 Å². The van der Waals surface area contributed by atoms with E-state index in [4.69, 9.17) is 11.6 Å². The Hall–Kier alpha value is -0.540. The summed E-state index contributed by atoms with van der Waals surface area (Å²) in [4.78, 5) is 0. The van der Waals surface area contributed by atoms with Crippen molar-refractivity contribution in [2.45, 2.75) is 32.7 Å². The van der Waals surface area contributed by atoms with Crippen LogP contribution in [0.15, 0.2) is 6.20 Å². The molecule has 15 heavy (non-hydrogen) atoms. The van der Waals surface area contributed by atoms with E-state index in [1.54, 1.807) is 6.20 Å². The van der Waals surface area contributed by atoms with Gasteiger partial charge in [0.05, 0.1) is 16.9 Å². The highest BCUT2D eigenvalue weighted by Crippen LogP contribution is 2.22. The lowest BCUT2D eigenvalue weighted by Gasteiger charge is -2.23. The van der Waals surface area contributed by atoms with Crippen LogP contribution in [0.25, 0.3) is 0 Å². The maximum atomic E-state index is 6.14. The predicted octanol–water partition coefficient (Wildman–Crippen LogP) is 2.10. The molecule has 1 aromatic heterocycles. The third-order valence-corrected chi connectivity index (χ3v) is 3.39. The topological polar surface area (TPSA) is 29.9 Å². The zero-order chi connectivity index (χ0) is 10.7. The summed E-state index contributed by atoms with van der Waals surface area (Å²) >= 11 is 6.14. The zero-order valence-corrected chi connectivity index (χ0v) is 9.93. The molecule has 2 rings (SSSR count). The quantitative estimate of drug-likeness (QED) is 0.857. The van der Waals surface area contributed by atoms with E-state index in [9.17, 15) is 0 Å². The van der Waals surface area contributed by atoms with Gasteiger partial charge in [0.1, 0.15) is 0 Å². The minimum Gasteiger partial charge on any atom is -0.316 e. The van der Waals surface area contributed by atoms with Crippen LogP contribution >= 0.6 is 11.6 Å². The Bertz CT molecular complexity index is 316. The van der Waals surface area contributed by atoms with Gasteiger partial charge < -0.3 is 5.32 Å². The van der Waals surface area contributed by atoms with Gasteiger partial charge in [-0.15, -0.1) is 0 Å². The van der Waals surface area contributed by atoms with Crippen molar-refractivity contribution in [3.05, 3.63) is 16.9 Å². The van der Waals surface area contributed by atoms with E-state index in [1.807, 2.05) is 4.68 Å². The van der Waals surface area contributed by atoms with E-state index >= 15 is 0 Å². The molecule has 0 spiro atoms. The first kappa shape index (κ1) is 11.0. The summed E-state index contributed by atoms with van der Waals surface area (Å²) in [6.07, 6.45) is 5.40. The minimum atomic E-state index is 0.721. The average Bonchev–Trinajstić information content (AvgIpc) is 2.62. The number of halogens is 1. The predicted molar refractivity (Wildman–Crippen MR) is 62.2 cm³/mol. The largest absolute Gasteiger partial charge is 0.316 e. The molecule has 4 heteroatoms. The van der Waals surface area contributed by atoms with E-state index in [0.717, 1.165) is 37.0 Å². The lowest BCUT2D eigenvalue weighted by atomic mass is 9.95. The fraction of sp³-hybridized carbons (Fsp3) is 0.727. The molecule has 1 fully saturated rings. The Labute approximate surface area is 95.8 Å². The summed E-state index contributed by atoms with van der Waals surface area (Å²) in [6, 6.07) is 0. The van der Waals surface area contributed by atoms with Crippen LogP contribution in [0.3, 0.4) is 0 Å². The van der Waals surface area contributed by atoms with Crippen molar-refractivity contribution in [1.82, 2.24) is 15.1 Å². The molecule has 1 saturated heterocycles. The summed E-state index contributed by atoms with van der Waals surface area (Å²) in [5.74, 6) is 0.721. The molecule has 3 nitrogen and oxygen atoms in total. The van der Waals surface area contributed by atoms with Crippen LogP contribution < -0.4 is 5.32 Å². The van der Waals surface area contributed by atoms with E-state index in [2.05, 4.69) is 17.3 Å². The second kappa shape index (κ2) is 4.99. The van der Waals surface area contributed by atoms with Crippen LogP contribution in [0.5, 0.6) is 0 Å². The van der Waals surface area contributed by atoms with Gasteiger partial charge >= 0.3 is 0 Å². The van der Waals surface area contributed by atoms with E-state index in [0.29, 0.717) is 0 Å². The Morgan fingerprint density at radius 2 is 2.53 bits per heavy atom. The monoisotopic (exact) mass is 227 g/mol. The van der Waals surface area contributed by atoms with Gasteiger partial charge in [0, 0.05) is 6.54 Å². The molecule has 0 aromatic carbocycles. The van der Waals surface area contributed by atoms with Gasteiger partial charge in [0.15, 0.2) is 0 Å². The molecule has 0 aliphatic carbocycles. The van der Waals surface area contributed by atoms with E-state index in [-0.39, 0.29) is 0 Å². The Balaban J connectivity index is 2.04. The van der Waals surface area contributed by atoms with Gasteiger partial charge in [-0.25, -0.2) is 0 Å². The Morgan fingerprint density at radius 1 is 1.67 bits per heavy atom. The Morgan fingerprint density at radius 3 is 3.20 bits per heavy atom. The highest BCUT2D eigenvalue weighted by Gasteiger charge is 2.17. The third kappa shape index (κ3) is 2.52. The second-order valence-corrected chi connectivity index (χ2v) is 4.58. The van der Waals surface area contributed by atoms with Crippen molar-refractivity contribution < 1.29 is 0 Å². The summed E-state index contributed by atoms with van der Waals surface area (Å²) in [5, 5.41) is 8.52. The maximum Gasteiger partial charge on any atom is 0.0817 e. The Kier molecular flexibility index (Phi) is 3.65. The first-order valence-electron chi connectivity index (χ1n) is 5.72. The molecular weight excluding hydrogens is 210 g/mol. The van der Waals surface area contributed by atoms with Crippen LogP contribution in [0.2, 0.25) is 5.02 Å². The summed E-state index contributed by atoms with van der Waals surface area (Å²) in [6.45, 7) is 5.29. The van der Waals surface area contributed by atoms with Crippen LogP contribution in [0.4, 0.5) is 0 Å². The number of piperidine rings is 1. The summed E-state index contributed by atoms with van der Waals surface area (Å²) < 4.78 is 2.01. The number of nitrogens with one attached hydrogen (secondary N) is 1. The highest BCUT2D eigenvalue weighted by atomic mass is 35.5. The van der Waals surface area contributed by atoms with Gasteiger partial charge in [-0.05, 0) is 45.2 Å².